The molecular weight excluding hydrogens is 326 g/mol. The van der Waals surface area contributed by atoms with Crippen molar-refractivity contribution in [2.24, 2.45) is 0 Å². The minimum absolute atomic E-state index is 0.201. The standard InChI is InChI=1S/C8H5F3INO2/c1-15-7(14)4-2-5(8(9,10)11)6(12)13-3-4/h2-3H,1H3. The first-order chi connectivity index (χ1) is 6.86. The average molecular weight is 331 g/mol. The van der Waals surface area contributed by atoms with E-state index < -0.39 is 17.7 Å². The Labute approximate surface area is 96.8 Å². The molecule has 82 valence electrons. The molecule has 0 saturated heterocycles. The predicted octanol–water partition coefficient (Wildman–Crippen LogP) is 2.49. The van der Waals surface area contributed by atoms with E-state index in [0.717, 1.165) is 19.4 Å². The second-order valence-electron chi connectivity index (χ2n) is 2.55. The molecule has 3 nitrogen and oxygen atoms in total. The van der Waals surface area contributed by atoms with E-state index in [-0.39, 0.29) is 9.26 Å². The van der Waals surface area contributed by atoms with Crippen molar-refractivity contribution < 1.29 is 22.7 Å². The lowest BCUT2D eigenvalue weighted by Gasteiger charge is -2.09. The van der Waals surface area contributed by atoms with E-state index in [4.69, 9.17) is 0 Å². The Kier molecular flexibility index (Phi) is 3.53. The van der Waals surface area contributed by atoms with Gasteiger partial charge in [-0.1, -0.05) is 0 Å². The highest BCUT2D eigenvalue weighted by molar-refractivity contribution is 14.1. The Morgan fingerprint density at radius 3 is 2.60 bits per heavy atom. The van der Waals surface area contributed by atoms with Gasteiger partial charge in [0.2, 0.25) is 0 Å². The Balaban J connectivity index is 3.23. The largest absolute Gasteiger partial charge is 0.465 e. The second kappa shape index (κ2) is 4.33. The maximum atomic E-state index is 12.4. The van der Waals surface area contributed by atoms with Gasteiger partial charge in [0.25, 0.3) is 0 Å². The molecule has 0 unspecified atom stereocenters. The number of nitrogens with zero attached hydrogens (tertiary/aromatic N) is 1. The zero-order valence-corrected chi connectivity index (χ0v) is 9.59. The van der Waals surface area contributed by atoms with Crippen LogP contribution in [0.2, 0.25) is 0 Å². The van der Waals surface area contributed by atoms with Gasteiger partial charge >= 0.3 is 12.1 Å². The smallest absolute Gasteiger partial charge is 0.418 e. The summed E-state index contributed by atoms with van der Waals surface area (Å²) in [5.74, 6) is -0.843. The highest BCUT2D eigenvalue weighted by Gasteiger charge is 2.34. The van der Waals surface area contributed by atoms with E-state index in [1.165, 1.54) is 22.6 Å². The number of pyridine rings is 1. The van der Waals surface area contributed by atoms with Crippen LogP contribution in [0.1, 0.15) is 15.9 Å². The summed E-state index contributed by atoms with van der Waals surface area (Å²) in [5.41, 5.74) is -1.16. The highest BCUT2D eigenvalue weighted by Crippen LogP contribution is 2.32. The van der Waals surface area contributed by atoms with Gasteiger partial charge in [-0.2, -0.15) is 13.2 Å². The molecule has 0 bridgehead atoms. The van der Waals surface area contributed by atoms with Gasteiger partial charge < -0.3 is 4.74 Å². The van der Waals surface area contributed by atoms with Crippen molar-refractivity contribution in [3.8, 4) is 0 Å². The van der Waals surface area contributed by atoms with E-state index in [2.05, 4.69) is 9.72 Å². The van der Waals surface area contributed by atoms with Crippen LogP contribution in [0.25, 0.3) is 0 Å². The molecule has 0 radical (unpaired) electrons. The van der Waals surface area contributed by atoms with Crippen LogP contribution in [0.15, 0.2) is 12.3 Å². The zero-order chi connectivity index (χ0) is 11.6. The maximum absolute atomic E-state index is 12.4. The molecule has 1 heterocycles. The summed E-state index contributed by atoms with van der Waals surface area (Å²) in [6.07, 6.45) is -3.48. The quantitative estimate of drug-likeness (QED) is 0.451. The summed E-state index contributed by atoms with van der Waals surface area (Å²) >= 11 is 1.45. The lowest BCUT2D eigenvalue weighted by Crippen LogP contribution is -2.12. The first-order valence-corrected chi connectivity index (χ1v) is 4.75. The molecule has 0 fully saturated rings. The first-order valence-electron chi connectivity index (χ1n) is 3.67. The molecule has 0 aliphatic carbocycles. The van der Waals surface area contributed by atoms with Crippen molar-refractivity contribution in [2.45, 2.75) is 6.18 Å². The summed E-state index contributed by atoms with van der Waals surface area (Å²) in [7, 11) is 1.09. The van der Waals surface area contributed by atoms with Crippen LogP contribution in [0, 0.1) is 3.70 Å². The normalized spacial score (nSPS) is 11.3. The number of methoxy groups -OCH3 is 1. The molecule has 0 spiro atoms. The zero-order valence-electron chi connectivity index (χ0n) is 7.43. The van der Waals surface area contributed by atoms with Crippen molar-refractivity contribution in [2.75, 3.05) is 7.11 Å². The molecule has 15 heavy (non-hydrogen) atoms. The Morgan fingerprint density at radius 2 is 2.13 bits per heavy atom. The van der Waals surface area contributed by atoms with Crippen molar-refractivity contribution in [1.29, 1.82) is 0 Å². The van der Waals surface area contributed by atoms with Gasteiger partial charge in [-0.25, -0.2) is 9.78 Å². The minimum atomic E-state index is -4.52. The third-order valence-electron chi connectivity index (χ3n) is 1.57. The summed E-state index contributed by atoms with van der Waals surface area (Å²) in [5, 5.41) is 0. The van der Waals surface area contributed by atoms with Crippen LogP contribution in [-0.2, 0) is 10.9 Å². The van der Waals surface area contributed by atoms with Gasteiger partial charge in [0.1, 0.15) is 3.70 Å². The van der Waals surface area contributed by atoms with Crippen molar-refractivity contribution >= 4 is 28.6 Å². The summed E-state index contributed by atoms with van der Waals surface area (Å²) < 4.78 is 41.3. The maximum Gasteiger partial charge on any atom is 0.418 e. The van der Waals surface area contributed by atoms with Crippen LogP contribution in [-0.4, -0.2) is 18.1 Å². The lowest BCUT2D eigenvalue weighted by molar-refractivity contribution is -0.138. The van der Waals surface area contributed by atoms with Gasteiger partial charge in [0, 0.05) is 6.20 Å². The predicted molar refractivity (Wildman–Crippen MR) is 53.3 cm³/mol. The van der Waals surface area contributed by atoms with Gasteiger partial charge in [-0.05, 0) is 28.7 Å². The fourth-order valence-corrected chi connectivity index (χ4v) is 1.48. The number of alkyl halides is 3. The molecule has 0 N–H and O–H groups in total. The first kappa shape index (κ1) is 12.2. The number of hydrogen-bond acceptors (Lipinski definition) is 3. The van der Waals surface area contributed by atoms with Crippen LogP contribution < -0.4 is 0 Å². The molecule has 1 aromatic rings. The number of ether oxygens (including phenoxy) is 1. The van der Waals surface area contributed by atoms with Crippen LogP contribution in [0.5, 0.6) is 0 Å². The summed E-state index contributed by atoms with van der Waals surface area (Å²) in [6, 6.07) is 0.723. The molecule has 0 aliphatic rings. The Morgan fingerprint density at radius 1 is 1.53 bits per heavy atom. The second-order valence-corrected chi connectivity index (χ2v) is 3.57. The third kappa shape index (κ3) is 2.80. The molecule has 0 amide bonds. The Hall–Kier alpha value is -0.860. The number of carbonyl (C=O) groups is 1. The number of esters is 1. The number of carbonyl (C=O) groups excluding carboxylic acids is 1. The highest BCUT2D eigenvalue weighted by atomic mass is 127. The fraction of sp³-hybridized carbons (Fsp3) is 0.250. The van der Waals surface area contributed by atoms with E-state index in [1.807, 2.05) is 0 Å². The fourth-order valence-electron chi connectivity index (χ4n) is 0.876. The lowest BCUT2D eigenvalue weighted by atomic mass is 10.2. The molecule has 1 aromatic heterocycles. The van der Waals surface area contributed by atoms with E-state index >= 15 is 0 Å². The summed E-state index contributed by atoms with van der Waals surface area (Å²) in [6.45, 7) is 0. The van der Waals surface area contributed by atoms with E-state index in [9.17, 15) is 18.0 Å². The number of rotatable bonds is 1. The number of hydrogen-bond donors (Lipinski definition) is 0. The summed E-state index contributed by atoms with van der Waals surface area (Å²) in [4.78, 5) is 14.5. The number of aromatic nitrogens is 1. The van der Waals surface area contributed by atoms with Crippen LogP contribution in [0.3, 0.4) is 0 Å². The molecule has 0 saturated carbocycles. The SMILES string of the molecule is COC(=O)c1cnc(I)c(C(F)(F)F)c1. The molecule has 0 atom stereocenters. The topological polar surface area (TPSA) is 39.2 Å². The molecule has 7 heteroatoms. The third-order valence-corrected chi connectivity index (χ3v) is 2.43. The van der Waals surface area contributed by atoms with Gasteiger partial charge in [-0.3, -0.25) is 0 Å². The van der Waals surface area contributed by atoms with Gasteiger partial charge in [0.05, 0.1) is 18.2 Å². The molecule has 0 aliphatic heterocycles. The average Bonchev–Trinajstić information content (AvgIpc) is 2.15. The minimum Gasteiger partial charge on any atom is -0.465 e. The molecule has 1 rings (SSSR count). The number of halogens is 4. The Bertz CT molecular complexity index is 392. The van der Waals surface area contributed by atoms with Crippen molar-refractivity contribution in [3.63, 3.8) is 0 Å². The van der Waals surface area contributed by atoms with Gasteiger partial charge in [-0.15, -0.1) is 0 Å². The van der Waals surface area contributed by atoms with Crippen molar-refractivity contribution in [3.05, 3.63) is 27.1 Å². The van der Waals surface area contributed by atoms with Crippen LogP contribution in [0.4, 0.5) is 13.2 Å². The van der Waals surface area contributed by atoms with E-state index in [0.29, 0.717) is 0 Å². The molecule has 0 aromatic carbocycles. The molecular formula is C8H5F3INO2. The van der Waals surface area contributed by atoms with Crippen LogP contribution >= 0.6 is 22.6 Å². The van der Waals surface area contributed by atoms with E-state index in [1.54, 1.807) is 0 Å². The van der Waals surface area contributed by atoms with Crippen molar-refractivity contribution in [1.82, 2.24) is 4.98 Å². The van der Waals surface area contributed by atoms with Gasteiger partial charge in [0.15, 0.2) is 0 Å². The monoisotopic (exact) mass is 331 g/mol.